The maximum absolute atomic E-state index is 9.83. The van der Waals surface area contributed by atoms with E-state index in [9.17, 15) is 5.11 Å². The summed E-state index contributed by atoms with van der Waals surface area (Å²) >= 11 is 6.00. The topological polar surface area (TPSA) is 32.7 Å². The van der Waals surface area contributed by atoms with E-state index in [4.69, 9.17) is 16.3 Å². The van der Waals surface area contributed by atoms with Gasteiger partial charge in [-0.05, 0) is 18.7 Å². The van der Waals surface area contributed by atoms with Gasteiger partial charge in [-0.25, -0.2) is 0 Å². The number of hydrogen-bond donors (Lipinski definition) is 1. The summed E-state index contributed by atoms with van der Waals surface area (Å²) in [6.07, 6.45) is -0.615. The molecule has 1 fully saturated rings. The summed E-state index contributed by atoms with van der Waals surface area (Å²) in [7, 11) is 0. The highest BCUT2D eigenvalue weighted by Gasteiger charge is 2.32. The average Bonchev–Trinajstić information content (AvgIpc) is 2.63. The van der Waals surface area contributed by atoms with Gasteiger partial charge in [0, 0.05) is 13.1 Å². The molecule has 3 nitrogen and oxygen atoms in total. The van der Waals surface area contributed by atoms with Crippen LogP contribution < -0.4 is 4.74 Å². The fourth-order valence-corrected chi connectivity index (χ4v) is 2.09. The van der Waals surface area contributed by atoms with Crippen LogP contribution in [0.4, 0.5) is 0 Å². The maximum atomic E-state index is 9.83. The van der Waals surface area contributed by atoms with Gasteiger partial charge in [0.2, 0.25) is 0 Å². The lowest BCUT2D eigenvalue weighted by Crippen LogP contribution is -2.30. The minimum absolute atomic E-state index is 0. The second kappa shape index (κ2) is 6.45. The summed E-state index contributed by atoms with van der Waals surface area (Å²) < 4.78 is 5.73. The molecule has 0 bridgehead atoms. The molecule has 1 aromatic rings. The number of ether oxygens (including phenoxy) is 1. The van der Waals surface area contributed by atoms with E-state index in [0.717, 1.165) is 13.1 Å². The number of aliphatic hydroxyl groups is 1. The first-order valence-electron chi connectivity index (χ1n) is 5.52. The number of hydrogen-bond acceptors (Lipinski definition) is 3. The van der Waals surface area contributed by atoms with Crippen LogP contribution in [-0.4, -0.2) is 41.8 Å². The Morgan fingerprint density at radius 1 is 1.41 bits per heavy atom. The van der Waals surface area contributed by atoms with Crippen molar-refractivity contribution in [2.45, 2.75) is 19.1 Å². The van der Waals surface area contributed by atoms with Gasteiger partial charge in [-0.3, -0.25) is 4.90 Å². The van der Waals surface area contributed by atoms with Gasteiger partial charge >= 0.3 is 0 Å². The molecule has 1 aliphatic rings. The minimum atomic E-state index is -0.434. The number of aliphatic hydroxyl groups excluding tert-OH is 1. The molecule has 0 aromatic heterocycles. The Kier molecular flexibility index (Phi) is 5.53. The summed E-state index contributed by atoms with van der Waals surface area (Å²) in [5.74, 6) is 0.645. The van der Waals surface area contributed by atoms with Crippen LogP contribution in [0.15, 0.2) is 24.3 Å². The highest BCUT2D eigenvalue weighted by Crippen LogP contribution is 2.26. The first-order chi connectivity index (χ1) is 7.70. The van der Waals surface area contributed by atoms with E-state index in [1.807, 2.05) is 18.2 Å². The molecule has 5 heteroatoms. The third kappa shape index (κ3) is 3.49. The van der Waals surface area contributed by atoms with Gasteiger partial charge in [0.25, 0.3) is 0 Å². The number of para-hydroxylation sites is 1. The number of nitrogens with zero attached hydrogens (tertiary/aromatic N) is 1. The molecular formula is C12H17Cl2NO2. The molecular weight excluding hydrogens is 261 g/mol. The summed E-state index contributed by atoms with van der Waals surface area (Å²) in [5.41, 5.74) is 0. The largest absolute Gasteiger partial charge is 0.485 e. The van der Waals surface area contributed by atoms with E-state index >= 15 is 0 Å². The van der Waals surface area contributed by atoms with Crippen LogP contribution in [0.3, 0.4) is 0 Å². The Morgan fingerprint density at radius 3 is 2.71 bits per heavy atom. The predicted molar refractivity (Wildman–Crippen MR) is 71.2 cm³/mol. The molecule has 1 saturated heterocycles. The van der Waals surface area contributed by atoms with Crippen molar-refractivity contribution in [3.63, 3.8) is 0 Å². The van der Waals surface area contributed by atoms with Crippen molar-refractivity contribution in [3.05, 3.63) is 29.3 Å². The Balaban J connectivity index is 0.00000144. The van der Waals surface area contributed by atoms with Gasteiger partial charge in [0.05, 0.1) is 5.02 Å². The van der Waals surface area contributed by atoms with E-state index in [1.54, 1.807) is 6.07 Å². The lowest BCUT2D eigenvalue weighted by atomic mass is 10.2. The van der Waals surface area contributed by atoms with Gasteiger partial charge in [-0.1, -0.05) is 30.7 Å². The van der Waals surface area contributed by atoms with Crippen LogP contribution >= 0.6 is 24.0 Å². The van der Waals surface area contributed by atoms with Crippen LogP contribution in [0.2, 0.25) is 5.02 Å². The van der Waals surface area contributed by atoms with Crippen LogP contribution in [0.5, 0.6) is 5.75 Å². The normalized spacial score (nSPS) is 24.4. The molecule has 0 amide bonds. The van der Waals surface area contributed by atoms with E-state index in [1.165, 1.54) is 0 Å². The van der Waals surface area contributed by atoms with Crippen molar-refractivity contribution >= 4 is 24.0 Å². The summed E-state index contributed by atoms with van der Waals surface area (Å²) in [5, 5.41) is 10.4. The van der Waals surface area contributed by atoms with E-state index < -0.39 is 6.10 Å². The van der Waals surface area contributed by atoms with Gasteiger partial charge in [-0.15, -0.1) is 12.4 Å². The third-order valence-electron chi connectivity index (χ3n) is 2.87. The average molecular weight is 278 g/mol. The van der Waals surface area contributed by atoms with Crippen molar-refractivity contribution in [3.8, 4) is 5.75 Å². The predicted octanol–water partition coefficient (Wildman–Crippen LogP) is 2.21. The zero-order valence-corrected chi connectivity index (χ0v) is 11.2. The highest BCUT2D eigenvalue weighted by molar-refractivity contribution is 6.32. The third-order valence-corrected chi connectivity index (χ3v) is 3.19. The smallest absolute Gasteiger partial charge is 0.138 e. The zero-order chi connectivity index (χ0) is 11.5. The van der Waals surface area contributed by atoms with Crippen LogP contribution in [0.1, 0.15) is 6.92 Å². The molecule has 0 saturated carbocycles. The molecule has 1 aliphatic heterocycles. The molecule has 0 spiro atoms. The fourth-order valence-electron chi connectivity index (χ4n) is 1.91. The second-order valence-corrected chi connectivity index (χ2v) is 4.41. The van der Waals surface area contributed by atoms with Gasteiger partial charge < -0.3 is 9.84 Å². The van der Waals surface area contributed by atoms with Crippen molar-refractivity contribution in [2.75, 3.05) is 19.6 Å². The van der Waals surface area contributed by atoms with Crippen LogP contribution in [0.25, 0.3) is 0 Å². The highest BCUT2D eigenvalue weighted by atomic mass is 35.5. The molecule has 0 radical (unpaired) electrons. The van der Waals surface area contributed by atoms with E-state index in [2.05, 4.69) is 11.8 Å². The second-order valence-electron chi connectivity index (χ2n) is 4.01. The molecule has 0 aliphatic carbocycles. The summed E-state index contributed by atoms with van der Waals surface area (Å²) in [4.78, 5) is 2.16. The first-order valence-corrected chi connectivity index (χ1v) is 5.90. The fraction of sp³-hybridized carbons (Fsp3) is 0.500. The number of benzene rings is 1. The number of likely N-dealkylation sites (N-methyl/N-ethyl adjacent to an activating group) is 1. The Bertz CT molecular complexity index is 362. The quantitative estimate of drug-likeness (QED) is 0.920. The van der Waals surface area contributed by atoms with Crippen molar-refractivity contribution < 1.29 is 9.84 Å². The van der Waals surface area contributed by atoms with Crippen molar-refractivity contribution in [1.82, 2.24) is 4.90 Å². The lowest BCUT2D eigenvalue weighted by molar-refractivity contribution is 0.0737. The Hall–Kier alpha value is -0.480. The first kappa shape index (κ1) is 14.6. The van der Waals surface area contributed by atoms with Gasteiger partial charge in [-0.2, -0.15) is 0 Å². The zero-order valence-electron chi connectivity index (χ0n) is 9.67. The Morgan fingerprint density at radius 2 is 2.12 bits per heavy atom. The Labute approximate surface area is 113 Å². The van der Waals surface area contributed by atoms with E-state index in [0.29, 0.717) is 17.3 Å². The number of halogens is 2. The number of β-amino-alcohol motifs (C(OH)–C–C–N with tert-alkyl or cyclic N) is 1. The molecule has 1 heterocycles. The minimum Gasteiger partial charge on any atom is -0.485 e. The van der Waals surface area contributed by atoms with Crippen LogP contribution in [-0.2, 0) is 0 Å². The molecule has 1 N–H and O–H groups in total. The monoisotopic (exact) mass is 277 g/mol. The van der Waals surface area contributed by atoms with E-state index in [-0.39, 0.29) is 18.5 Å². The summed E-state index contributed by atoms with van der Waals surface area (Å²) in [6, 6.07) is 7.35. The lowest BCUT2D eigenvalue weighted by Gasteiger charge is -2.17. The molecule has 2 atom stereocenters. The van der Waals surface area contributed by atoms with Gasteiger partial charge in [0.1, 0.15) is 18.0 Å². The maximum Gasteiger partial charge on any atom is 0.138 e. The van der Waals surface area contributed by atoms with Crippen LogP contribution in [0, 0.1) is 0 Å². The summed E-state index contributed by atoms with van der Waals surface area (Å²) in [6.45, 7) is 4.43. The standard InChI is InChI=1S/C12H16ClNO2.ClH/c1-2-14-7-10(15)12(8-14)16-11-6-4-3-5-9(11)13;/h3-6,10,12,15H,2,7-8H2,1H3;1H/t10-,12-;/m1./s1. The molecule has 17 heavy (non-hydrogen) atoms. The molecule has 2 rings (SSSR count). The molecule has 0 unspecified atom stereocenters. The molecule has 96 valence electrons. The van der Waals surface area contributed by atoms with Gasteiger partial charge in [0.15, 0.2) is 0 Å². The van der Waals surface area contributed by atoms with Crippen molar-refractivity contribution in [2.24, 2.45) is 0 Å². The number of likely N-dealkylation sites (tertiary alicyclic amines) is 1. The van der Waals surface area contributed by atoms with Crippen molar-refractivity contribution in [1.29, 1.82) is 0 Å². The molecule has 1 aromatic carbocycles. The number of rotatable bonds is 3. The SMILES string of the molecule is CCN1C[C@@H](O)[C@H](Oc2ccccc2Cl)C1.Cl.